The Morgan fingerprint density at radius 2 is 1.78 bits per heavy atom. The van der Waals surface area contributed by atoms with Gasteiger partial charge in [0.05, 0.1) is 12.9 Å². The minimum atomic E-state index is -5.49. The number of amides is 1. The van der Waals surface area contributed by atoms with Gasteiger partial charge in [0, 0.05) is 18.0 Å². The number of rotatable bonds is 11. The molecule has 2 aromatic heterocycles. The van der Waals surface area contributed by atoms with Crippen molar-refractivity contribution in [1.82, 2.24) is 24.4 Å². The number of hydrogen-bond acceptors (Lipinski definition) is 18. The first-order valence-electron chi connectivity index (χ1n) is 12.9. The minimum Gasteiger partial charge on any atom is -0.387 e. The van der Waals surface area contributed by atoms with Crippen LogP contribution in [0.3, 0.4) is 0 Å². The third-order valence-corrected chi connectivity index (χ3v) is 9.63. The Balaban J connectivity index is 1.17. The summed E-state index contributed by atoms with van der Waals surface area (Å²) in [5, 5.41) is 41.9. The lowest BCUT2D eigenvalue weighted by molar-refractivity contribution is -0.121. The maximum absolute atomic E-state index is 12.5. The van der Waals surface area contributed by atoms with Crippen molar-refractivity contribution < 1.29 is 67.0 Å². The number of nitrogens with zero attached hydrogens (tertiary/aromatic N) is 5. The van der Waals surface area contributed by atoms with Crippen LogP contribution in [0.2, 0.25) is 0 Å². The maximum atomic E-state index is 12.5. The number of primary amides is 1. The Morgan fingerprint density at radius 1 is 1.07 bits per heavy atom. The molecule has 10 atom stereocenters. The molecule has 3 aliphatic heterocycles. The number of phosphoric ester groups is 2. The molecule has 0 radical (unpaired) electrons. The standard InChI is InChI=1S/C21H30N8O14P2/c22-16-11-18(26-7-25-16)29(8-27-11)20-14(32)15(33)21(24,42-20)6-40-45(37,38)43-44(35,36)39-5-10-12(30)13(31)19(41-10)28-3-1-2-9(4-28)17(23)34/h1,3-4,7-8,10,12-15,19-20,30-33H,2,5-6,24H2,(H2,23,34)(H,35,36)(H,37,38)(H2,22,25,26)/t10-,12-,13-,14-,15+,19-,20-,21-/m1/s1. The second kappa shape index (κ2) is 12.4. The topological polar surface area (TPSA) is 344 Å². The molecule has 45 heavy (non-hydrogen) atoms. The first-order chi connectivity index (χ1) is 21.0. The fraction of sp³-hybridized carbons (Fsp3) is 0.524. The lowest BCUT2D eigenvalue weighted by atomic mass is 10.1. The first-order valence-corrected chi connectivity index (χ1v) is 15.9. The SMILES string of the molecule is NC(=O)C1=CN([C@@H]2O[C@H](COP(=O)(O)OP(=O)(O)OC[C@@]3(N)O[C@@H](n4cnc5c(N)ncnc54)[C@H](O)[C@@H]3O)[C@@H](O)[C@H]2O)C=CC1. The van der Waals surface area contributed by atoms with Crippen LogP contribution in [0.5, 0.6) is 0 Å². The van der Waals surface area contributed by atoms with Gasteiger partial charge in [-0.05, 0) is 6.42 Å². The van der Waals surface area contributed by atoms with Crippen molar-refractivity contribution in [3.05, 3.63) is 36.7 Å². The smallest absolute Gasteiger partial charge is 0.387 e. The average molecular weight is 680 g/mol. The highest BCUT2D eigenvalue weighted by molar-refractivity contribution is 7.61. The summed E-state index contributed by atoms with van der Waals surface area (Å²) in [6.07, 6.45) is -4.24. The molecular weight excluding hydrogens is 650 g/mol. The van der Waals surface area contributed by atoms with Crippen molar-refractivity contribution in [3.63, 3.8) is 0 Å². The van der Waals surface area contributed by atoms with Crippen LogP contribution in [0.1, 0.15) is 12.6 Å². The van der Waals surface area contributed by atoms with E-state index in [9.17, 15) is 44.1 Å². The number of carbonyl (C=O) groups is 1. The van der Waals surface area contributed by atoms with E-state index in [1.807, 2.05) is 0 Å². The van der Waals surface area contributed by atoms with Crippen molar-refractivity contribution in [1.29, 1.82) is 0 Å². The predicted molar refractivity (Wildman–Crippen MR) is 145 cm³/mol. The van der Waals surface area contributed by atoms with Crippen molar-refractivity contribution in [2.75, 3.05) is 18.9 Å². The molecule has 2 unspecified atom stereocenters. The van der Waals surface area contributed by atoms with Crippen molar-refractivity contribution >= 4 is 38.5 Å². The molecule has 0 saturated carbocycles. The fourth-order valence-corrected chi connectivity index (χ4v) is 6.87. The summed E-state index contributed by atoms with van der Waals surface area (Å²) in [5.74, 6) is -0.701. The molecular formula is C21H30N8O14P2. The molecule has 2 aromatic rings. The number of aliphatic hydroxyl groups is 4. The van der Waals surface area contributed by atoms with Gasteiger partial charge in [-0.25, -0.2) is 24.1 Å². The van der Waals surface area contributed by atoms with Crippen LogP contribution in [0.15, 0.2) is 36.7 Å². The van der Waals surface area contributed by atoms with Gasteiger partial charge in [-0.15, -0.1) is 0 Å². The third-order valence-electron chi connectivity index (χ3n) is 7.05. The second-order valence-electron chi connectivity index (χ2n) is 10.2. The molecule has 5 heterocycles. The van der Waals surface area contributed by atoms with Gasteiger partial charge >= 0.3 is 15.6 Å². The fourth-order valence-electron chi connectivity index (χ4n) is 4.75. The molecule has 5 rings (SSSR count). The number of anilines is 1. The number of imidazole rings is 1. The van der Waals surface area contributed by atoms with Crippen LogP contribution in [0, 0.1) is 0 Å². The second-order valence-corrected chi connectivity index (χ2v) is 13.2. The van der Waals surface area contributed by atoms with Gasteiger partial charge in [-0.1, -0.05) is 6.08 Å². The highest BCUT2D eigenvalue weighted by Gasteiger charge is 2.55. The first kappa shape index (κ1) is 33.4. The van der Waals surface area contributed by atoms with Gasteiger partial charge in [0.2, 0.25) is 5.91 Å². The van der Waals surface area contributed by atoms with E-state index in [0.29, 0.717) is 0 Å². The summed E-state index contributed by atoms with van der Waals surface area (Å²) in [6, 6.07) is 0. The van der Waals surface area contributed by atoms with Crippen molar-refractivity contribution in [3.8, 4) is 0 Å². The Bertz CT molecular complexity index is 1610. The molecule has 22 nitrogen and oxygen atoms in total. The molecule has 0 spiro atoms. The molecule has 2 saturated heterocycles. The molecule has 3 aliphatic rings. The summed E-state index contributed by atoms with van der Waals surface area (Å²) in [5.41, 5.74) is 15.1. The Hall–Kier alpha value is -2.92. The van der Waals surface area contributed by atoms with Gasteiger partial charge in [-0.2, -0.15) is 4.31 Å². The van der Waals surface area contributed by atoms with Crippen molar-refractivity contribution in [2.24, 2.45) is 11.5 Å². The molecule has 2 fully saturated rings. The third kappa shape index (κ3) is 6.80. The number of fused-ring (bicyclic) bond motifs is 1. The lowest BCUT2D eigenvalue weighted by Crippen LogP contribution is -2.54. The Morgan fingerprint density at radius 3 is 2.49 bits per heavy atom. The maximum Gasteiger partial charge on any atom is 0.481 e. The normalized spacial score (nSPS) is 34.5. The molecule has 0 aromatic carbocycles. The zero-order chi connectivity index (χ0) is 32.9. The van der Waals surface area contributed by atoms with E-state index in [4.69, 9.17) is 26.7 Å². The molecule has 248 valence electrons. The summed E-state index contributed by atoms with van der Waals surface area (Å²) >= 11 is 0. The van der Waals surface area contributed by atoms with Gasteiger partial charge in [0.15, 0.2) is 29.6 Å². The molecule has 0 aliphatic carbocycles. The van der Waals surface area contributed by atoms with E-state index in [-0.39, 0.29) is 29.0 Å². The van der Waals surface area contributed by atoms with E-state index in [1.165, 1.54) is 28.2 Å². The minimum absolute atomic E-state index is 0.0169. The number of aromatic nitrogens is 4. The number of allylic oxidation sites excluding steroid dienone is 1. The molecule has 0 bridgehead atoms. The summed E-state index contributed by atoms with van der Waals surface area (Å²) in [4.78, 5) is 44.7. The Labute approximate surface area is 252 Å². The molecule has 1 amide bonds. The van der Waals surface area contributed by atoms with Crippen LogP contribution in [-0.4, -0.2) is 116 Å². The van der Waals surface area contributed by atoms with Gasteiger partial charge in [0.25, 0.3) is 0 Å². The summed E-state index contributed by atoms with van der Waals surface area (Å²) in [7, 11) is -10.9. The van der Waals surface area contributed by atoms with E-state index in [1.54, 1.807) is 6.08 Å². The van der Waals surface area contributed by atoms with Crippen molar-refractivity contribution in [2.45, 2.75) is 55.1 Å². The highest BCUT2D eigenvalue weighted by Crippen LogP contribution is 2.61. The van der Waals surface area contributed by atoms with E-state index in [2.05, 4.69) is 28.3 Å². The number of carbonyl (C=O) groups excluding carboxylic acids is 1. The Kier molecular flexibility index (Phi) is 9.18. The average Bonchev–Trinajstić information content (AvgIpc) is 3.60. The zero-order valence-corrected chi connectivity index (χ0v) is 24.7. The van der Waals surface area contributed by atoms with Gasteiger partial charge < -0.3 is 56.1 Å². The van der Waals surface area contributed by atoms with Gasteiger partial charge in [-0.3, -0.25) is 24.1 Å². The predicted octanol–water partition coefficient (Wildman–Crippen LogP) is -3.40. The van der Waals surface area contributed by atoms with E-state index in [0.717, 1.165) is 6.33 Å². The zero-order valence-electron chi connectivity index (χ0n) is 22.9. The number of ether oxygens (including phenoxy) is 2. The summed E-state index contributed by atoms with van der Waals surface area (Å²) < 4.78 is 50.8. The number of nitrogen functional groups attached to an aromatic ring is 1. The van der Waals surface area contributed by atoms with Crippen LogP contribution in [-0.2, 0) is 36.8 Å². The monoisotopic (exact) mass is 680 g/mol. The highest BCUT2D eigenvalue weighted by atomic mass is 31.3. The van der Waals surface area contributed by atoms with Crippen LogP contribution < -0.4 is 17.2 Å². The largest absolute Gasteiger partial charge is 0.481 e. The molecule has 24 heteroatoms. The van der Waals surface area contributed by atoms with E-state index < -0.39 is 83.5 Å². The molecule has 12 N–H and O–H groups in total. The quantitative estimate of drug-likeness (QED) is 0.104. The summed E-state index contributed by atoms with van der Waals surface area (Å²) in [6.45, 7) is -2.07. The number of aliphatic hydroxyl groups excluding tert-OH is 4. The number of nitrogens with two attached hydrogens (primary N) is 3. The number of hydrogen-bond donors (Lipinski definition) is 9. The van der Waals surface area contributed by atoms with Crippen LogP contribution in [0.4, 0.5) is 5.82 Å². The lowest BCUT2D eigenvalue weighted by Gasteiger charge is -2.28. The van der Waals surface area contributed by atoms with Crippen LogP contribution >= 0.6 is 15.6 Å². The van der Waals surface area contributed by atoms with Gasteiger partial charge in [0.1, 0.15) is 49.0 Å². The van der Waals surface area contributed by atoms with Crippen LogP contribution in [0.25, 0.3) is 11.2 Å². The number of phosphoric acid groups is 2. The van der Waals surface area contributed by atoms with E-state index >= 15 is 0 Å².